The van der Waals surface area contributed by atoms with Gasteiger partial charge in [0.15, 0.2) is 0 Å². The molecule has 0 bridgehead atoms. The maximum absolute atomic E-state index is 6.46. The third kappa shape index (κ3) is 5.16. The molecule has 118 valence electrons. The minimum Gasteiger partial charge on any atom is -0.310 e. The number of nitrogens with one attached hydrogen (secondary N) is 1. The van der Waals surface area contributed by atoms with E-state index >= 15 is 0 Å². The molecule has 21 heavy (non-hydrogen) atoms. The van der Waals surface area contributed by atoms with Crippen LogP contribution in [0.5, 0.6) is 0 Å². The number of hydrogen-bond donors (Lipinski definition) is 1. The highest BCUT2D eigenvalue weighted by molar-refractivity contribution is 6.33. The summed E-state index contributed by atoms with van der Waals surface area (Å²) in [6.07, 6.45) is 10.6. The van der Waals surface area contributed by atoms with Crippen LogP contribution in [0.3, 0.4) is 0 Å². The molecule has 3 heteroatoms. The molecular weight excluding hydrogens is 301 g/mol. The molecule has 1 N–H and O–H groups in total. The molecule has 0 aromatic heterocycles. The fraction of sp³-hybridized carbons (Fsp3) is 0.667. The second-order valence-corrected chi connectivity index (χ2v) is 7.05. The van der Waals surface area contributed by atoms with E-state index < -0.39 is 0 Å². The molecule has 2 rings (SSSR count). The van der Waals surface area contributed by atoms with Crippen LogP contribution in [0.15, 0.2) is 18.2 Å². The zero-order chi connectivity index (χ0) is 15.1. The summed E-state index contributed by atoms with van der Waals surface area (Å²) in [6, 6.07) is 6.20. The van der Waals surface area contributed by atoms with Crippen LogP contribution >= 0.6 is 23.2 Å². The molecule has 1 saturated carbocycles. The lowest BCUT2D eigenvalue weighted by Gasteiger charge is -2.31. The van der Waals surface area contributed by atoms with Crippen molar-refractivity contribution in [3.05, 3.63) is 33.8 Å². The third-order valence-corrected chi connectivity index (χ3v) is 5.11. The summed E-state index contributed by atoms with van der Waals surface area (Å²) in [7, 11) is 0. The van der Waals surface area contributed by atoms with E-state index in [0.717, 1.165) is 23.0 Å². The summed E-state index contributed by atoms with van der Waals surface area (Å²) < 4.78 is 0. The van der Waals surface area contributed by atoms with Gasteiger partial charge in [-0.2, -0.15) is 0 Å². The average Bonchev–Trinajstić information content (AvgIpc) is 2.44. The molecule has 0 spiro atoms. The molecule has 0 aliphatic heterocycles. The van der Waals surface area contributed by atoms with Crippen LogP contribution in [0.25, 0.3) is 0 Å². The van der Waals surface area contributed by atoms with Gasteiger partial charge in [0.25, 0.3) is 0 Å². The van der Waals surface area contributed by atoms with E-state index in [1.165, 1.54) is 50.5 Å². The van der Waals surface area contributed by atoms with Crippen molar-refractivity contribution >= 4 is 23.2 Å². The van der Waals surface area contributed by atoms with E-state index in [2.05, 4.69) is 18.3 Å². The highest BCUT2D eigenvalue weighted by atomic mass is 35.5. The van der Waals surface area contributed by atoms with Gasteiger partial charge >= 0.3 is 0 Å². The quantitative estimate of drug-likeness (QED) is 0.660. The second kappa shape index (κ2) is 9.02. The minimum absolute atomic E-state index is 0.342. The first-order chi connectivity index (χ1) is 10.2. The molecule has 1 aliphatic rings. The van der Waals surface area contributed by atoms with Gasteiger partial charge < -0.3 is 5.32 Å². The van der Waals surface area contributed by atoms with Gasteiger partial charge in [-0.3, -0.25) is 0 Å². The van der Waals surface area contributed by atoms with Gasteiger partial charge in [0.05, 0.1) is 0 Å². The SMILES string of the molecule is CCCNC(c1cc(Cl)ccc1Cl)C1CCCCCCC1. The van der Waals surface area contributed by atoms with Crippen LogP contribution in [0, 0.1) is 5.92 Å². The predicted octanol–water partition coefficient (Wildman–Crippen LogP) is 6.39. The molecule has 0 heterocycles. The van der Waals surface area contributed by atoms with Crippen LogP contribution in [0.1, 0.15) is 69.9 Å². The lowest BCUT2D eigenvalue weighted by molar-refractivity contribution is 0.289. The summed E-state index contributed by atoms with van der Waals surface area (Å²) in [5.41, 5.74) is 1.18. The molecule has 1 unspecified atom stereocenters. The molecule has 1 atom stereocenters. The van der Waals surface area contributed by atoms with Crippen molar-refractivity contribution in [2.75, 3.05) is 6.54 Å². The van der Waals surface area contributed by atoms with Gasteiger partial charge in [-0.05, 0) is 55.5 Å². The molecule has 1 aromatic carbocycles. The van der Waals surface area contributed by atoms with Crippen molar-refractivity contribution in [1.29, 1.82) is 0 Å². The summed E-state index contributed by atoms with van der Waals surface area (Å²) in [5, 5.41) is 5.35. The van der Waals surface area contributed by atoms with Crippen LogP contribution in [-0.2, 0) is 0 Å². The van der Waals surface area contributed by atoms with E-state index in [-0.39, 0.29) is 0 Å². The van der Waals surface area contributed by atoms with E-state index in [1.807, 2.05) is 12.1 Å². The number of halogens is 2. The average molecular weight is 328 g/mol. The van der Waals surface area contributed by atoms with Crippen molar-refractivity contribution in [1.82, 2.24) is 5.32 Å². The van der Waals surface area contributed by atoms with E-state index in [1.54, 1.807) is 0 Å². The normalized spacial score (nSPS) is 19.0. The molecule has 0 saturated heterocycles. The summed E-state index contributed by atoms with van der Waals surface area (Å²) in [6.45, 7) is 3.24. The van der Waals surface area contributed by atoms with Gasteiger partial charge in [-0.1, -0.05) is 62.2 Å². The van der Waals surface area contributed by atoms with Gasteiger partial charge in [0.2, 0.25) is 0 Å². The Morgan fingerprint density at radius 2 is 1.76 bits per heavy atom. The van der Waals surface area contributed by atoms with E-state index in [0.29, 0.717) is 12.0 Å². The molecule has 0 amide bonds. The predicted molar refractivity (Wildman–Crippen MR) is 93.3 cm³/mol. The lowest BCUT2D eigenvalue weighted by atomic mass is 9.82. The van der Waals surface area contributed by atoms with Gasteiger partial charge in [0, 0.05) is 16.1 Å². The first-order valence-electron chi connectivity index (χ1n) is 8.40. The van der Waals surface area contributed by atoms with Crippen LogP contribution in [0.2, 0.25) is 10.0 Å². The minimum atomic E-state index is 0.342. The molecular formula is C18H27Cl2N. The first-order valence-corrected chi connectivity index (χ1v) is 9.16. The van der Waals surface area contributed by atoms with Crippen molar-refractivity contribution in [3.63, 3.8) is 0 Å². The number of hydrogen-bond acceptors (Lipinski definition) is 1. The van der Waals surface area contributed by atoms with Crippen LogP contribution < -0.4 is 5.32 Å². The summed E-state index contributed by atoms with van der Waals surface area (Å²) in [4.78, 5) is 0. The second-order valence-electron chi connectivity index (χ2n) is 6.20. The Labute approximate surface area is 139 Å². The monoisotopic (exact) mass is 327 g/mol. The first kappa shape index (κ1) is 17.1. The largest absolute Gasteiger partial charge is 0.310 e. The fourth-order valence-electron chi connectivity index (χ4n) is 3.40. The number of benzene rings is 1. The van der Waals surface area contributed by atoms with E-state index in [9.17, 15) is 0 Å². The number of rotatable bonds is 5. The Morgan fingerprint density at radius 1 is 1.10 bits per heavy atom. The fourth-order valence-corrected chi connectivity index (χ4v) is 3.82. The van der Waals surface area contributed by atoms with Crippen molar-refractivity contribution in [2.45, 2.75) is 64.3 Å². The highest BCUT2D eigenvalue weighted by Crippen LogP contribution is 2.37. The maximum atomic E-state index is 6.46. The Balaban J connectivity index is 2.20. The maximum Gasteiger partial charge on any atom is 0.0454 e. The van der Waals surface area contributed by atoms with Crippen LogP contribution in [0.4, 0.5) is 0 Å². The van der Waals surface area contributed by atoms with Crippen LogP contribution in [-0.4, -0.2) is 6.54 Å². The molecule has 1 nitrogen and oxygen atoms in total. The van der Waals surface area contributed by atoms with Crippen molar-refractivity contribution in [2.24, 2.45) is 5.92 Å². The molecule has 1 aliphatic carbocycles. The standard InChI is InChI=1S/C18H27Cl2N/c1-2-12-21-18(14-8-6-4-3-5-7-9-14)16-13-15(19)10-11-17(16)20/h10-11,13-14,18,21H,2-9,12H2,1H3. The van der Waals surface area contributed by atoms with Gasteiger partial charge in [-0.25, -0.2) is 0 Å². The topological polar surface area (TPSA) is 12.0 Å². The van der Waals surface area contributed by atoms with Crippen molar-refractivity contribution in [3.8, 4) is 0 Å². The zero-order valence-electron chi connectivity index (χ0n) is 13.0. The summed E-state index contributed by atoms with van der Waals surface area (Å²) in [5.74, 6) is 0.674. The lowest BCUT2D eigenvalue weighted by Crippen LogP contribution is -2.30. The molecule has 0 radical (unpaired) electrons. The molecule has 1 aromatic rings. The summed E-state index contributed by atoms with van der Waals surface area (Å²) >= 11 is 12.7. The Bertz CT molecular complexity index is 425. The zero-order valence-corrected chi connectivity index (χ0v) is 14.5. The highest BCUT2D eigenvalue weighted by Gasteiger charge is 2.25. The molecule has 1 fully saturated rings. The van der Waals surface area contributed by atoms with Gasteiger partial charge in [-0.15, -0.1) is 0 Å². The Kier molecular flexibility index (Phi) is 7.36. The smallest absolute Gasteiger partial charge is 0.0454 e. The Morgan fingerprint density at radius 3 is 2.43 bits per heavy atom. The van der Waals surface area contributed by atoms with Gasteiger partial charge in [0.1, 0.15) is 0 Å². The van der Waals surface area contributed by atoms with E-state index in [4.69, 9.17) is 23.2 Å². The Hall–Kier alpha value is -0.240. The third-order valence-electron chi connectivity index (χ3n) is 4.53. The van der Waals surface area contributed by atoms with Crippen molar-refractivity contribution < 1.29 is 0 Å².